The maximum absolute atomic E-state index is 13.0. The lowest BCUT2D eigenvalue weighted by Gasteiger charge is -2.09. The fourth-order valence-electron chi connectivity index (χ4n) is 3.24. The summed E-state index contributed by atoms with van der Waals surface area (Å²) in [6.45, 7) is 2.29. The average molecular weight is 446 g/mol. The normalized spacial score (nSPS) is 11.3. The fourth-order valence-corrected chi connectivity index (χ4v) is 3.85. The summed E-state index contributed by atoms with van der Waals surface area (Å²) in [6.07, 6.45) is 0.680. The zero-order chi connectivity index (χ0) is 21.9. The quantitative estimate of drug-likeness (QED) is 0.345. The molecule has 0 saturated heterocycles. The van der Waals surface area contributed by atoms with E-state index in [1.807, 2.05) is 55.5 Å². The van der Waals surface area contributed by atoms with E-state index in [-0.39, 0.29) is 11.4 Å². The molecular weight excluding hydrogens is 428 g/mol. The molecule has 2 aromatic carbocycles. The topological polar surface area (TPSA) is 113 Å². The first-order valence-electron chi connectivity index (χ1n) is 10.0. The Hall–Kier alpha value is -3.79. The van der Waals surface area contributed by atoms with Gasteiger partial charge in [0.1, 0.15) is 0 Å². The number of nitrogens with zero attached hydrogens (tertiary/aromatic N) is 6. The third-order valence-corrected chi connectivity index (χ3v) is 5.60. The van der Waals surface area contributed by atoms with Gasteiger partial charge in [0.25, 0.3) is 16.7 Å². The van der Waals surface area contributed by atoms with Gasteiger partial charge >= 0.3 is 0 Å². The molecule has 0 amide bonds. The molecule has 5 aromatic rings. The van der Waals surface area contributed by atoms with Crippen LogP contribution in [0.2, 0.25) is 0 Å². The number of benzene rings is 2. The largest absolute Gasteiger partial charge is 0.409 e. The van der Waals surface area contributed by atoms with Crippen LogP contribution in [0.25, 0.3) is 22.4 Å². The maximum Gasteiger partial charge on any atom is 0.277 e. The van der Waals surface area contributed by atoms with Crippen LogP contribution in [0.15, 0.2) is 73.6 Å². The van der Waals surface area contributed by atoms with Crippen molar-refractivity contribution in [2.45, 2.75) is 30.9 Å². The van der Waals surface area contributed by atoms with Crippen molar-refractivity contribution >= 4 is 22.5 Å². The highest BCUT2D eigenvalue weighted by molar-refractivity contribution is 7.98. The molecule has 160 valence electrons. The van der Waals surface area contributed by atoms with Crippen LogP contribution >= 0.6 is 11.8 Å². The van der Waals surface area contributed by atoms with Crippen molar-refractivity contribution in [1.29, 1.82) is 0 Å². The Morgan fingerprint density at radius 1 is 1.00 bits per heavy atom. The van der Waals surface area contributed by atoms with Gasteiger partial charge in [-0.05, 0) is 11.6 Å². The molecule has 32 heavy (non-hydrogen) atoms. The lowest BCUT2D eigenvalue weighted by atomic mass is 10.1. The lowest BCUT2D eigenvalue weighted by Crippen LogP contribution is -2.24. The van der Waals surface area contributed by atoms with Gasteiger partial charge in [0.05, 0.1) is 17.7 Å². The summed E-state index contributed by atoms with van der Waals surface area (Å²) in [4.78, 5) is 17.3. The highest BCUT2D eigenvalue weighted by atomic mass is 32.2. The summed E-state index contributed by atoms with van der Waals surface area (Å²) in [5, 5.41) is 18.3. The van der Waals surface area contributed by atoms with Crippen LogP contribution < -0.4 is 5.56 Å². The highest BCUT2D eigenvalue weighted by Gasteiger charge is 2.18. The molecule has 5 rings (SSSR count). The van der Waals surface area contributed by atoms with Crippen molar-refractivity contribution in [2.24, 2.45) is 0 Å². The van der Waals surface area contributed by atoms with Gasteiger partial charge in [-0.2, -0.15) is 10.1 Å². The lowest BCUT2D eigenvalue weighted by molar-refractivity contribution is 0.378. The van der Waals surface area contributed by atoms with Gasteiger partial charge in [0.2, 0.25) is 5.89 Å². The monoisotopic (exact) mass is 446 g/mol. The number of hydrogen-bond donors (Lipinski definition) is 0. The van der Waals surface area contributed by atoms with Crippen LogP contribution in [-0.4, -0.2) is 30.1 Å². The zero-order valence-corrected chi connectivity index (χ0v) is 18.0. The van der Waals surface area contributed by atoms with Gasteiger partial charge < -0.3 is 8.94 Å². The summed E-state index contributed by atoms with van der Waals surface area (Å²) < 4.78 is 12.4. The Bertz CT molecular complexity index is 1430. The van der Waals surface area contributed by atoms with Crippen molar-refractivity contribution in [2.75, 3.05) is 0 Å². The SMILES string of the molecule is CCc1nc(CSc2nnc(-c3nn(Cc4ccccc4)c(=O)c4ccccc34)o2)no1. The molecule has 0 aliphatic heterocycles. The smallest absolute Gasteiger partial charge is 0.277 e. The first-order chi connectivity index (χ1) is 15.7. The molecule has 0 aliphatic carbocycles. The molecular formula is C22H18N6O3S. The van der Waals surface area contributed by atoms with Crippen molar-refractivity contribution < 1.29 is 8.94 Å². The molecule has 10 heteroatoms. The van der Waals surface area contributed by atoms with Crippen molar-refractivity contribution in [1.82, 2.24) is 30.1 Å². The standard InChI is InChI=1S/C22H18N6O3S/c1-2-18-23-17(27-31-18)13-32-22-25-24-20(30-22)19-15-10-6-7-11-16(15)21(29)28(26-19)12-14-8-4-3-5-9-14/h3-11H,2,12-13H2,1H3. The summed E-state index contributed by atoms with van der Waals surface area (Å²) in [5.74, 6) is 1.83. The molecule has 0 saturated carbocycles. The van der Waals surface area contributed by atoms with Crippen LogP contribution in [0.4, 0.5) is 0 Å². The van der Waals surface area contributed by atoms with E-state index >= 15 is 0 Å². The summed E-state index contributed by atoms with van der Waals surface area (Å²) in [5.41, 5.74) is 1.26. The molecule has 0 spiro atoms. The highest BCUT2D eigenvalue weighted by Crippen LogP contribution is 2.27. The fraction of sp³-hybridized carbons (Fsp3) is 0.182. The maximum atomic E-state index is 13.0. The summed E-state index contributed by atoms with van der Waals surface area (Å²) in [7, 11) is 0. The second-order valence-corrected chi connectivity index (χ2v) is 7.89. The second-order valence-electron chi connectivity index (χ2n) is 6.96. The van der Waals surface area contributed by atoms with E-state index in [1.54, 1.807) is 6.07 Å². The Morgan fingerprint density at radius 2 is 1.78 bits per heavy atom. The third kappa shape index (κ3) is 4.04. The van der Waals surface area contributed by atoms with Gasteiger partial charge in [-0.15, -0.1) is 10.2 Å². The van der Waals surface area contributed by atoms with E-state index in [9.17, 15) is 4.79 Å². The first-order valence-corrected chi connectivity index (χ1v) is 11.0. The van der Waals surface area contributed by atoms with E-state index in [2.05, 4.69) is 25.4 Å². The van der Waals surface area contributed by atoms with E-state index in [4.69, 9.17) is 8.94 Å². The second kappa shape index (κ2) is 8.75. The molecule has 0 unspecified atom stereocenters. The number of aryl methyl sites for hydroxylation is 1. The minimum Gasteiger partial charge on any atom is -0.409 e. The molecule has 3 aromatic heterocycles. The number of fused-ring (bicyclic) bond motifs is 1. The molecule has 0 aliphatic rings. The average Bonchev–Trinajstić information content (AvgIpc) is 3.50. The molecule has 0 N–H and O–H groups in total. The summed E-state index contributed by atoms with van der Waals surface area (Å²) >= 11 is 1.31. The molecule has 0 bridgehead atoms. The number of hydrogen-bond acceptors (Lipinski definition) is 9. The zero-order valence-electron chi connectivity index (χ0n) is 17.1. The van der Waals surface area contributed by atoms with E-state index in [0.717, 1.165) is 5.56 Å². The molecule has 9 nitrogen and oxygen atoms in total. The molecule has 3 heterocycles. The minimum absolute atomic E-state index is 0.175. The van der Waals surface area contributed by atoms with Crippen molar-refractivity contribution in [3.05, 3.63) is 82.2 Å². The van der Waals surface area contributed by atoms with Crippen LogP contribution in [0.5, 0.6) is 0 Å². The molecule has 0 atom stereocenters. The van der Waals surface area contributed by atoms with Crippen LogP contribution in [0, 0.1) is 0 Å². The van der Waals surface area contributed by atoms with E-state index < -0.39 is 0 Å². The predicted octanol–water partition coefficient (Wildman–Crippen LogP) is 3.73. The molecule has 0 radical (unpaired) electrons. The van der Waals surface area contributed by atoms with Crippen LogP contribution in [0.3, 0.4) is 0 Å². The first kappa shape index (κ1) is 20.1. The number of thioether (sulfide) groups is 1. The Labute approximate surface area is 186 Å². The van der Waals surface area contributed by atoms with Crippen LogP contribution in [0.1, 0.15) is 24.2 Å². The molecule has 0 fully saturated rings. The van der Waals surface area contributed by atoms with E-state index in [0.29, 0.717) is 52.1 Å². The van der Waals surface area contributed by atoms with Gasteiger partial charge in [-0.3, -0.25) is 4.79 Å². The van der Waals surface area contributed by atoms with Gasteiger partial charge in [0, 0.05) is 11.8 Å². The van der Waals surface area contributed by atoms with Crippen molar-refractivity contribution in [3.63, 3.8) is 0 Å². The minimum atomic E-state index is -0.175. The van der Waals surface area contributed by atoms with Crippen LogP contribution in [-0.2, 0) is 18.7 Å². The van der Waals surface area contributed by atoms with Gasteiger partial charge in [0.15, 0.2) is 11.5 Å². The number of rotatable bonds is 7. The van der Waals surface area contributed by atoms with E-state index in [1.165, 1.54) is 16.4 Å². The predicted molar refractivity (Wildman–Crippen MR) is 118 cm³/mol. The third-order valence-electron chi connectivity index (χ3n) is 4.79. The van der Waals surface area contributed by atoms with Crippen molar-refractivity contribution in [3.8, 4) is 11.6 Å². The summed E-state index contributed by atoms with van der Waals surface area (Å²) in [6, 6.07) is 17.0. The van der Waals surface area contributed by atoms with Gasteiger partial charge in [-0.25, -0.2) is 4.68 Å². The Kier molecular flexibility index (Phi) is 5.51. The Balaban J connectivity index is 1.48. The number of aromatic nitrogens is 6. The Morgan fingerprint density at radius 3 is 2.56 bits per heavy atom. The van der Waals surface area contributed by atoms with Gasteiger partial charge in [-0.1, -0.05) is 72.4 Å².